The number of anilines is 1. The number of hydrogen-bond donors (Lipinski definition) is 2. The van der Waals surface area contributed by atoms with Crippen LogP contribution in [0, 0.1) is 6.92 Å². The molecule has 0 fully saturated rings. The van der Waals surface area contributed by atoms with Crippen LogP contribution in [0.5, 0.6) is 0 Å². The zero-order chi connectivity index (χ0) is 14.4. The van der Waals surface area contributed by atoms with Crippen LogP contribution >= 0.6 is 11.8 Å². The van der Waals surface area contributed by atoms with E-state index in [1.807, 2.05) is 25.1 Å². The lowest BCUT2D eigenvalue weighted by molar-refractivity contribution is -0.144. The van der Waals surface area contributed by atoms with Crippen molar-refractivity contribution in [2.24, 2.45) is 0 Å². The van der Waals surface area contributed by atoms with Gasteiger partial charge in [0.2, 0.25) is 5.91 Å². The summed E-state index contributed by atoms with van der Waals surface area (Å²) in [4.78, 5) is 23.6. The van der Waals surface area contributed by atoms with E-state index in [9.17, 15) is 9.59 Å². The molecule has 0 spiro atoms. The maximum Gasteiger partial charge on any atom is 0.329 e. The molecule has 5 nitrogen and oxygen atoms in total. The smallest absolute Gasteiger partial charge is 0.329 e. The van der Waals surface area contributed by atoms with Gasteiger partial charge in [-0.3, -0.25) is 4.79 Å². The number of carbonyl (C=O) groups is 2. The molecule has 1 aromatic carbocycles. The summed E-state index contributed by atoms with van der Waals surface area (Å²) >= 11 is 1.46. The first-order chi connectivity index (χ1) is 8.95. The lowest BCUT2D eigenvalue weighted by Gasteiger charge is -2.16. The molecule has 6 heteroatoms. The number of nitrogen functional groups attached to an aromatic ring is 1. The standard InChI is InChI=1S/C13H18N2O3S/c1-8-10(14)5-4-6-12(8)19-7-11(13(17)18-3)15-9(2)16/h4-6,11H,7,14H2,1-3H3,(H,15,16). The second kappa shape index (κ2) is 7.04. The van der Waals surface area contributed by atoms with Crippen molar-refractivity contribution in [3.63, 3.8) is 0 Å². The lowest BCUT2D eigenvalue weighted by Crippen LogP contribution is -2.42. The number of methoxy groups -OCH3 is 1. The van der Waals surface area contributed by atoms with E-state index in [1.54, 1.807) is 0 Å². The van der Waals surface area contributed by atoms with Crippen molar-refractivity contribution < 1.29 is 14.3 Å². The number of hydrogen-bond acceptors (Lipinski definition) is 5. The van der Waals surface area contributed by atoms with Crippen molar-refractivity contribution in [3.8, 4) is 0 Å². The molecule has 0 heterocycles. The van der Waals surface area contributed by atoms with Gasteiger partial charge in [0.15, 0.2) is 0 Å². The summed E-state index contributed by atoms with van der Waals surface area (Å²) in [7, 11) is 1.30. The fraction of sp³-hybridized carbons (Fsp3) is 0.385. The van der Waals surface area contributed by atoms with Crippen molar-refractivity contribution in [1.29, 1.82) is 0 Å². The minimum atomic E-state index is -0.659. The maximum atomic E-state index is 11.5. The highest BCUT2D eigenvalue weighted by Crippen LogP contribution is 2.26. The summed E-state index contributed by atoms with van der Waals surface area (Å²) in [5, 5.41) is 2.57. The Bertz CT molecular complexity index is 477. The molecule has 0 saturated carbocycles. The Morgan fingerprint density at radius 3 is 2.74 bits per heavy atom. The molecule has 104 valence electrons. The van der Waals surface area contributed by atoms with E-state index in [0.717, 1.165) is 10.5 Å². The van der Waals surface area contributed by atoms with E-state index in [1.165, 1.54) is 25.8 Å². The van der Waals surface area contributed by atoms with Gasteiger partial charge in [-0.1, -0.05) is 6.07 Å². The molecule has 0 aliphatic carbocycles. The average molecular weight is 282 g/mol. The number of benzene rings is 1. The highest BCUT2D eigenvalue weighted by molar-refractivity contribution is 7.99. The summed E-state index contributed by atoms with van der Waals surface area (Å²) < 4.78 is 4.66. The second-order valence-corrected chi connectivity index (χ2v) is 5.12. The third kappa shape index (κ3) is 4.48. The number of ether oxygens (including phenoxy) is 1. The number of carbonyl (C=O) groups excluding carboxylic acids is 2. The van der Waals surface area contributed by atoms with Gasteiger partial charge in [0.25, 0.3) is 0 Å². The highest BCUT2D eigenvalue weighted by atomic mass is 32.2. The number of nitrogens with one attached hydrogen (secondary N) is 1. The van der Waals surface area contributed by atoms with Gasteiger partial charge in [-0.2, -0.15) is 0 Å². The minimum Gasteiger partial charge on any atom is -0.467 e. The van der Waals surface area contributed by atoms with Crippen LogP contribution in [0.4, 0.5) is 5.69 Å². The quantitative estimate of drug-likeness (QED) is 0.484. The summed E-state index contributed by atoms with van der Waals surface area (Å²) in [6, 6.07) is 4.95. The molecule has 1 rings (SSSR count). The van der Waals surface area contributed by atoms with Crippen molar-refractivity contribution >= 4 is 29.3 Å². The molecular formula is C13H18N2O3S. The number of esters is 1. The molecule has 0 radical (unpaired) electrons. The number of thioether (sulfide) groups is 1. The van der Waals surface area contributed by atoms with E-state index >= 15 is 0 Å². The Hall–Kier alpha value is -1.69. The van der Waals surface area contributed by atoms with Gasteiger partial charge >= 0.3 is 5.97 Å². The summed E-state index contributed by atoms with van der Waals surface area (Å²) in [6.07, 6.45) is 0. The van der Waals surface area contributed by atoms with Crippen LogP contribution < -0.4 is 11.1 Å². The fourth-order valence-corrected chi connectivity index (χ4v) is 2.59. The zero-order valence-electron chi connectivity index (χ0n) is 11.2. The molecule has 1 aromatic rings. The minimum absolute atomic E-state index is 0.264. The third-order valence-corrected chi connectivity index (χ3v) is 3.85. The first kappa shape index (κ1) is 15.4. The van der Waals surface area contributed by atoms with Gasteiger partial charge in [0.1, 0.15) is 6.04 Å². The molecule has 3 N–H and O–H groups in total. The third-order valence-electron chi connectivity index (χ3n) is 2.59. The van der Waals surface area contributed by atoms with Gasteiger partial charge in [-0.05, 0) is 24.6 Å². The highest BCUT2D eigenvalue weighted by Gasteiger charge is 2.20. The molecular weight excluding hydrogens is 264 g/mol. The molecule has 0 aromatic heterocycles. The second-order valence-electron chi connectivity index (χ2n) is 4.06. The van der Waals surface area contributed by atoms with Gasteiger partial charge < -0.3 is 15.8 Å². The van der Waals surface area contributed by atoms with Gasteiger partial charge in [0.05, 0.1) is 7.11 Å². The average Bonchev–Trinajstić information content (AvgIpc) is 2.37. The van der Waals surface area contributed by atoms with Crippen molar-refractivity contribution in [2.75, 3.05) is 18.6 Å². The Morgan fingerprint density at radius 1 is 1.47 bits per heavy atom. The Balaban J connectivity index is 2.73. The van der Waals surface area contributed by atoms with Gasteiger partial charge in [-0.25, -0.2) is 4.79 Å². The van der Waals surface area contributed by atoms with E-state index < -0.39 is 12.0 Å². The molecule has 1 atom stereocenters. The largest absolute Gasteiger partial charge is 0.467 e. The normalized spacial score (nSPS) is 11.7. The van der Waals surface area contributed by atoms with E-state index in [0.29, 0.717) is 11.4 Å². The maximum absolute atomic E-state index is 11.5. The molecule has 0 saturated heterocycles. The number of amides is 1. The van der Waals surface area contributed by atoms with Crippen molar-refractivity contribution in [3.05, 3.63) is 23.8 Å². The SMILES string of the molecule is COC(=O)C(CSc1cccc(N)c1C)NC(C)=O. The van der Waals surface area contributed by atoms with Crippen LogP contribution in [-0.2, 0) is 14.3 Å². The molecule has 0 aliphatic heterocycles. The van der Waals surface area contributed by atoms with Crippen LogP contribution in [0.25, 0.3) is 0 Å². The molecule has 19 heavy (non-hydrogen) atoms. The van der Waals surface area contributed by atoms with E-state index in [-0.39, 0.29) is 5.91 Å². The van der Waals surface area contributed by atoms with Crippen LogP contribution in [0.3, 0.4) is 0 Å². The van der Waals surface area contributed by atoms with Crippen molar-refractivity contribution in [1.82, 2.24) is 5.32 Å². The topological polar surface area (TPSA) is 81.4 Å². The first-order valence-electron chi connectivity index (χ1n) is 5.78. The van der Waals surface area contributed by atoms with Crippen LogP contribution in [0.1, 0.15) is 12.5 Å². The molecule has 0 aliphatic rings. The van der Waals surface area contributed by atoms with Crippen molar-refractivity contribution in [2.45, 2.75) is 24.8 Å². The van der Waals surface area contributed by atoms with E-state index in [4.69, 9.17) is 5.73 Å². The van der Waals surface area contributed by atoms with Gasteiger partial charge in [-0.15, -0.1) is 11.8 Å². The zero-order valence-corrected chi connectivity index (χ0v) is 12.0. The molecule has 0 bridgehead atoms. The summed E-state index contributed by atoms with van der Waals surface area (Å²) in [5.74, 6) is -0.319. The lowest BCUT2D eigenvalue weighted by atomic mass is 10.2. The number of nitrogens with two attached hydrogens (primary N) is 1. The Morgan fingerprint density at radius 2 is 2.16 bits per heavy atom. The molecule has 1 amide bonds. The van der Waals surface area contributed by atoms with E-state index in [2.05, 4.69) is 10.1 Å². The van der Waals surface area contributed by atoms with Crippen LogP contribution in [0.2, 0.25) is 0 Å². The predicted molar refractivity (Wildman–Crippen MR) is 75.9 cm³/mol. The van der Waals surface area contributed by atoms with Crippen LogP contribution in [-0.4, -0.2) is 30.8 Å². The Kier molecular flexibility index (Phi) is 5.69. The fourth-order valence-electron chi connectivity index (χ4n) is 1.52. The van der Waals surface area contributed by atoms with Crippen LogP contribution in [0.15, 0.2) is 23.1 Å². The predicted octanol–water partition coefficient (Wildman–Crippen LogP) is 1.35. The molecule has 1 unspecified atom stereocenters. The Labute approximate surface area is 116 Å². The summed E-state index contributed by atoms with van der Waals surface area (Å²) in [5.41, 5.74) is 7.50. The summed E-state index contributed by atoms with van der Waals surface area (Å²) in [6.45, 7) is 3.29. The first-order valence-corrected chi connectivity index (χ1v) is 6.77. The number of rotatable bonds is 5. The monoisotopic (exact) mass is 282 g/mol. The van der Waals surface area contributed by atoms with Gasteiger partial charge in [0, 0.05) is 23.3 Å².